The number of hydrogen-bond donors (Lipinski definition) is 1. The number of ether oxygens (including phenoxy) is 2. The lowest BCUT2D eigenvalue weighted by atomic mass is 9.87. The summed E-state index contributed by atoms with van der Waals surface area (Å²) in [5, 5.41) is 8.30. The van der Waals surface area contributed by atoms with Crippen molar-refractivity contribution in [3.8, 4) is 17.2 Å². The summed E-state index contributed by atoms with van der Waals surface area (Å²) in [4.78, 5) is 28.4. The van der Waals surface area contributed by atoms with Gasteiger partial charge in [-0.15, -0.1) is 11.8 Å². The first-order chi connectivity index (χ1) is 18.5. The number of carbonyl (C=O) groups is 2. The number of aromatic nitrogens is 2. The summed E-state index contributed by atoms with van der Waals surface area (Å²) in [7, 11) is 0. The van der Waals surface area contributed by atoms with E-state index < -0.39 is 0 Å². The van der Waals surface area contributed by atoms with Gasteiger partial charge in [0.05, 0.1) is 27.4 Å². The van der Waals surface area contributed by atoms with Gasteiger partial charge in [0.25, 0.3) is 0 Å². The Labute approximate surface area is 238 Å². The van der Waals surface area contributed by atoms with E-state index in [1.807, 2.05) is 50.2 Å². The van der Waals surface area contributed by atoms with Crippen LogP contribution >= 0.6 is 23.4 Å². The first-order valence-corrected chi connectivity index (χ1v) is 14.4. The molecule has 2 aromatic carbocycles. The fourth-order valence-corrected chi connectivity index (χ4v) is 6.13. The van der Waals surface area contributed by atoms with Crippen molar-refractivity contribution in [1.82, 2.24) is 15.1 Å². The molecule has 0 radical (unpaired) electrons. The summed E-state index contributed by atoms with van der Waals surface area (Å²) in [5.41, 5.74) is 2.95. The second kappa shape index (κ2) is 10.8. The zero-order valence-electron chi connectivity index (χ0n) is 22.8. The molecule has 1 N–H and O–H groups in total. The highest BCUT2D eigenvalue weighted by molar-refractivity contribution is 8.00. The van der Waals surface area contributed by atoms with Crippen LogP contribution in [0.25, 0.3) is 5.69 Å². The predicted molar refractivity (Wildman–Crippen MR) is 154 cm³/mol. The topological polar surface area (TPSA) is 85.7 Å². The van der Waals surface area contributed by atoms with Crippen LogP contribution in [0.4, 0.5) is 5.82 Å². The van der Waals surface area contributed by atoms with Crippen molar-refractivity contribution in [3.05, 3.63) is 64.3 Å². The van der Waals surface area contributed by atoms with Gasteiger partial charge < -0.3 is 14.8 Å². The molecule has 206 valence electrons. The summed E-state index contributed by atoms with van der Waals surface area (Å²) < 4.78 is 13.0. The molecule has 1 atom stereocenters. The lowest BCUT2D eigenvalue weighted by molar-refractivity contribution is -0.123. The van der Waals surface area contributed by atoms with Crippen molar-refractivity contribution < 1.29 is 19.1 Å². The number of anilines is 1. The number of amides is 2. The van der Waals surface area contributed by atoms with Crippen molar-refractivity contribution in [3.63, 3.8) is 0 Å². The van der Waals surface area contributed by atoms with Crippen LogP contribution in [-0.4, -0.2) is 47.2 Å². The summed E-state index contributed by atoms with van der Waals surface area (Å²) in [6, 6.07) is 13.3. The number of hydrogen-bond acceptors (Lipinski definition) is 6. The predicted octanol–water partition coefficient (Wildman–Crippen LogP) is 5.49. The molecular formula is C29H33ClN4O4S. The van der Waals surface area contributed by atoms with Crippen LogP contribution in [0.1, 0.15) is 56.7 Å². The average molecular weight is 569 g/mol. The smallest absolute Gasteiger partial charge is 0.240 e. The number of benzene rings is 2. The number of rotatable bonds is 6. The Morgan fingerprint density at radius 2 is 1.92 bits per heavy atom. The first-order valence-electron chi connectivity index (χ1n) is 13.0. The minimum atomic E-state index is -0.370. The molecular weight excluding hydrogens is 536 g/mol. The minimum Gasteiger partial charge on any atom is -0.454 e. The third kappa shape index (κ3) is 5.47. The Balaban J connectivity index is 1.73. The van der Waals surface area contributed by atoms with Gasteiger partial charge >= 0.3 is 0 Å². The molecule has 2 amide bonds. The van der Waals surface area contributed by atoms with Gasteiger partial charge in [0, 0.05) is 17.5 Å². The number of halogens is 1. The highest BCUT2D eigenvalue weighted by Crippen LogP contribution is 2.50. The summed E-state index contributed by atoms with van der Waals surface area (Å²) in [6.07, 6.45) is 0. The van der Waals surface area contributed by atoms with Crippen LogP contribution in [0, 0.1) is 5.92 Å². The van der Waals surface area contributed by atoms with Gasteiger partial charge in [0.2, 0.25) is 18.6 Å². The molecule has 3 aromatic rings. The number of nitrogens with zero attached hydrogens (tertiary/aromatic N) is 3. The molecule has 0 saturated carbocycles. The normalized spacial score (nSPS) is 16.8. The van der Waals surface area contributed by atoms with E-state index in [4.69, 9.17) is 26.2 Å². The van der Waals surface area contributed by atoms with Crippen molar-refractivity contribution in [2.24, 2.45) is 5.92 Å². The Morgan fingerprint density at radius 3 is 2.64 bits per heavy atom. The third-order valence-electron chi connectivity index (χ3n) is 6.59. The lowest BCUT2D eigenvalue weighted by Gasteiger charge is -2.25. The summed E-state index contributed by atoms with van der Waals surface area (Å²) in [5.74, 6) is 2.02. The van der Waals surface area contributed by atoms with E-state index in [1.165, 1.54) is 11.8 Å². The highest BCUT2D eigenvalue weighted by atomic mass is 35.5. The standard InChI is InChI=1S/C29H33ClN4O4S/c1-17(2)13-31-23(35)14-33-24(36)15-39-26(18-10-11-21-22(12-18)38-16-37-21)25-27(29(3,4)5)32-34(28(25)33)20-9-7-6-8-19(20)30/h6-12,17,26H,13-16H2,1-5H3,(H,31,35)/t26-/m0/s1. The second-order valence-corrected chi connectivity index (χ2v) is 12.7. The zero-order valence-corrected chi connectivity index (χ0v) is 24.4. The molecule has 2 aliphatic heterocycles. The molecule has 0 bridgehead atoms. The highest BCUT2D eigenvalue weighted by Gasteiger charge is 2.40. The van der Waals surface area contributed by atoms with Crippen molar-refractivity contribution in [2.45, 2.75) is 45.3 Å². The second-order valence-electron chi connectivity index (χ2n) is 11.2. The molecule has 39 heavy (non-hydrogen) atoms. The Bertz CT molecular complexity index is 1410. The first kappa shape index (κ1) is 27.4. The van der Waals surface area contributed by atoms with Crippen LogP contribution in [-0.2, 0) is 15.0 Å². The molecule has 5 rings (SSSR count). The molecule has 0 aliphatic carbocycles. The van der Waals surface area contributed by atoms with Gasteiger partial charge in [-0.1, -0.05) is 64.4 Å². The van der Waals surface area contributed by atoms with Gasteiger partial charge in [-0.05, 0) is 35.7 Å². The molecule has 2 aliphatic rings. The molecule has 3 heterocycles. The molecule has 0 unspecified atom stereocenters. The van der Waals surface area contributed by atoms with Crippen LogP contribution in [0.5, 0.6) is 11.5 Å². The SMILES string of the molecule is CC(C)CNC(=O)CN1C(=O)CS[C@@H](c2ccc3c(c2)OCO3)c2c(C(C)(C)C)nn(-c3ccccc3Cl)c21. The maximum absolute atomic E-state index is 13.7. The number of carbonyl (C=O) groups excluding carboxylic acids is 2. The minimum absolute atomic E-state index is 0.118. The van der Waals surface area contributed by atoms with Gasteiger partial charge in [-0.25, -0.2) is 4.68 Å². The molecule has 0 saturated heterocycles. The molecule has 0 spiro atoms. The Kier molecular flexibility index (Phi) is 7.57. The van der Waals surface area contributed by atoms with E-state index in [1.54, 1.807) is 15.6 Å². The van der Waals surface area contributed by atoms with E-state index >= 15 is 0 Å². The number of thioether (sulfide) groups is 1. The fourth-order valence-electron chi connectivity index (χ4n) is 4.72. The van der Waals surface area contributed by atoms with Crippen LogP contribution in [0.3, 0.4) is 0 Å². The maximum Gasteiger partial charge on any atom is 0.240 e. The number of para-hydroxylation sites is 1. The summed E-state index contributed by atoms with van der Waals surface area (Å²) in [6.45, 7) is 10.9. The van der Waals surface area contributed by atoms with E-state index in [-0.39, 0.29) is 47.5 Å². The quantitative estimate of drug-likeness (QED) is 0.423. The van der Waals surface area contributed by atoms with E-state index in [9.17, 15) is 9.59 Å². The molecule has 0 fully saturated rings. The van der Waals surface area contributed by atoms with E-state index in [0.29, 0.717) is 34.6 Å². The van der Waals surface area contributed by atoms with E-state index in [2.05, 4.69) is 26.1 Å². The number of fused-ring (bicyclic) bond motifs is 2. The van der Waals surface area contributed by atoms with Gasteiger partial charge in [-0.2, -0.15) is 5.10 Å². The summed E-state index contributed by atoms with van der Waals surface area (Å²) >= 11 is 8.20. The Hall–Kier alpha value is -3.17. The van der Waals surface area contributed by atoms with Crippen LogP contribution in [0.15, 0.2) is 42.5 Å². The largest absolute Gasteiger partial charge is 0.454 e. The number of nitrogens with one attached hydrogen (secondary N) is 1. The maximum atomic E-state index is 13.7. The van der Waals surface area contributed by atoms with Gasteiger partial charge in [0.15, 0.2) is 11.5 Å². The average Bonchev–Trinajstić information content (AvgIpc) is 3.48. The van der Waals surface area contributed by atoms with Gasteiger partial charge in [0.1, 0.15) is 12.4 Å². The fraction of sp³-hybridized carbons (Fsp3) is 0.414. The van der Waals surface area contributed by atoms with E-state index in [0.717, 1.165) is 16.8 Å². The van der Waals surface area contributed by atoms with Crippen molar-refractivity contribution in [1.29, 1.82) is 0 Å². The molecule has 10 heteroatoms. The zero-order chi connectivity index (χ0) is 27.9. The third-order valence-corrected chi connectivity index (χ3v) is 8.16. The van der Waals surface area contributed by atoms with Crippen molar-refractivity contribution >= 4 is 41.0 Å². The van der Waals surface area contributed by atoms with Crippen LogP contribution < -0.4 is 19.7 Å². The van der Waals surface area contributed by atoms with Gasteiger partial charge in [-0.3, -0.25) is 14.5 Å². The van der Waals surface area contributed by atoms with Crippen molar-refractivity contribution in [2.75, 3.05) is 30.5 Å². The molecule has 1 aromatic heterocycles. The molecule has 8 nitrogen and oxygen atoms in total. The monoisotopic (exact) mass is 568 g/mol. The lowest BCUT2D eigenvalue weighted by Crippen LogP contribution is -2.43. The van der Waals surface area contributed by atoms with Crippen LogP contribution in [0.2, 0.25) is 5.02 Å². The Morgan fingerprint density at radius 1 is 1.18 bits per heavy atom.